The lowest BCUT2D eigenvalue weighted by atomic mass is 10.2. The highest BCUT2D eigenvalue weighted by Crippen LogP contribution is 2.40. The van der Waals surface area contributed by atoms with E-state index in [0.29, 0.717) is 6.04 Å². The molecule has 1 aromatic carbocycles. The summed E-state index contributed by atoms with van der Waals surface area (Å²) in [6.45, 7) is 0. The Morgan fingerprint density at radius 2 is 2.25 bits per heavy atom. The Hall–Kier alpha value is -1.77. The van der Waals surface area contributed by atoms with Gasteiger partial charge in [0, 0.05) is 11.4 Å². The van der Waals surface area contributed by atoms with Crippen LogP contribution in [0, 0.1) is 0 Å². The molecule has 16 heavy (non-hydrogen) atoms. The molecule has 3 heteroatoms. The van der Waals surface area contributed by atoms with Gasteiger partial charge in [-0.2, -0.15) is 0 Å². The molecule has 3 nitrogen and oxygen atoms in total. The number of aromatic nitrogens is 1. The van der Waals surface area contributed by atoms with Gasteiger partial charge in [0.15, 0.2) is 6.29 Å². The van der Waals surface area contributed by atoms with E-state index in [1.165, 1.54) is 12.8 Å². The maximum absolute atomic E-state index is 11.1. The number of aldehydes is 1. The first kappa shape index (κ1) is 9.46. The van der Waals surface area contributed by atoms with E-state index in [0.717, 1.165) is 28.6 Å². The van der Waals surface area contributed by atoms with Crippen molar-refractivity contribution in [3.8, 4) is 5.75 Å². The van der Waals surface area contributed by atoms with Crippen LogP contribution < -0.4 is 4.74 Å². The molecule has 3 rings (SSSR count). The summed E-state index contributed by atoms with van der Waals surface area (Å²) in [4.78, 5) is 11.1. The predicted molar refractivity (Wildman–Crippen MR) is 62.1 cm³/mol. The smallest absolute Gasteiger partial charge is 0.166 e. The van der Waals surface area contributed by atoms with Crippen molar-refractivity contribution in [3.05, 3.63) is 30.0 Å². The zero-order valence-electron chi connectivity index (χ0n) is 9.14. The molecule has 0 aliphatic heterocycles. The molecule has 82 valence electrons. The molecule has 0 atom stereocenters. The van der Waals surface area contributed by atoms with Crippen molar-refractivity contribution in [1.82, 2.24) is 4.57 Å². The first-order valence-electron chi connectivity index (χ1n) is 5.48. The highest BCUT2D eigenvalue weighted by Gasteiger charge is 2.27. The number of ether oxygens (including phenoxy) is 1. The molecule has 1 aliphatic carbocycles. The lowest BCUT2D eigenvalue weighted by Crippen LogP contribution is -1.98. The summed E-state index contributed by atoms with van der Waals surface area (Å²) in [6.07, 6.45) is 3.27. The van der Waals surface area contributed by atoms with Crippen LogP contribution in [0.2, 0.25) is 0 Å². The Balaban J connectivity index is 2.33. The van der Waals surface area contributed by atoms with Gasteiger partial charge in [0.25, 0.3) is 0 Å². The highest BCUT2D eigenvalue weighted by atomic mass is 16.5. The van der Waals surface area contributed by atoms with Crippen molar-refractivity contribution in [1.29, 1.82) is 0 Å². The summed E-state index contributed by atoms with van der Waals surface area (Å²) >= 11 is 0. The number of carbonyl (C=O) groups excluding carboxylic acids is 1. The minimum absolute atomic E-state index is 0.504. The maximum atomic E-state index is 11.1. The van der Waals surface area contributed by atoms with Crippen molar-refractivity contribution in [2.75, 3.05) is 7.11 Å². The Kier molecular flexibility index (Phi) is 1.99. The standard InChI is InChI=1S/C13H13NO2/c1-16-13-4-2-3-12-11(13)7-10(8-15)14(12)9-5-6-9/h2-4,7-9H,5-6H2,1H3. The summed E-state index contributed by atoms with van der Waals surface area (Å²) in [6, 6.07) is 8.36. The predicted octanol–water partition coefficient (Wildman–Crippen LogP) is 2.80. The number of rotatable bonds is 3. The summed E-state index contributed by atoms with van der Waals surface area (Å²) in [5, 5.41) is 1.03. The van der Waals surface area contributed by atoms with E-state index in [9.17, 15) is 4.79 Å². The third kappa shape index (κ3) is 1.24. The number of benzene rings is 1. The van der Waals surface area contributed by atoms with Gasteiger partial charge in [-0.05, 0) is 31.0 Å². The molecule has 1 saturated carbocycles. The van der Waals surface area contributed by atoms with E-state index >= 15 is 0 Å². The number of nitrogens with zero attached hydrogens (tertiary/aromatic N) is 1. The molecule has 0 N–H and O–H groups in total. The fourth-order valence-corrected chi connectivity index (χ4v) is 2.25. The Bertz CT molecular complexity index is 552. The van der Waals surface area contributed by atoms with Crippen LogP contribution >= 0.6 is 0 Å². The SMILES string of the molecule is COc1cccc2c1cc(C=O)n2C1CC1. The molecule has 0 spiro atoms. The van der Waals surface area contributed by atoms with E-state index < -0.39 is 0 Å². The van der Waals surface area contributed by atoms with Crippen LogP contribution in [-0.2, 0) is 0 Å². The van der Waals surface area contributed by atoms with Crippen molar-refractivity contribution >= 4 is 17.2 Å². The number of hydrogen-bond acceptors (Lipinski definition) is 2. The molecule has 0 amide bonds. The van der Waals surface area contributed by atoms with Gasteiger partial charge >= 0.3 is 0 Å². The van der Waals surface area contributed by atoms with Gasteiger partial charge in [-0.15, -0.1) is 0 Å². The van der Waals surface area contributed by atoms with E-state index in [4.69, 9.17) is 4.74 Å². The first-order valence-corrected chi connectivity index (χ1v) is 5.48. The molecule has 0 unspecified atom stereocenters. The molecule has 1 aliphatic rings. The normalized spacial score (nSPS) is 15.3. The second kappa shape index (κ2) is 3.37. The minimum atomic E-state index is 0.504. The average molecular weight is 215 g/mol. The highest BCUT2D eigenvalue weighted by molar-refractivity contribution is 5.93. The van der Waals surface area contributed by atoms with Gasteiger partial charge in [-0.3, -0.25) is 4.79 Å². The van der Waals surface area contributed by atoms with Crippen LogP contribution in [0.25, 0.3) is 10.9 Å². The number of hydrogen-bond donors (Lipinski definition) is 0. The third-order valence-corrected chi connectivity index (χ3v) is 3.13. The van der Waals surface area contributed by atoms with Crippen molar-refractivity contribution in [2.45, 2.75) is 18.9 Å². The summed E-state index contributed by atoms with van der Waals surface area (Å²) < 4.78 is 7.44. The van der Waals surface area contributed by atoms with Gasteiger partial charge in [0.2, 0.25) is 0 Å². The fourth-order valence-electron chi connectivity index (χ4n) is 2.25. The Labute approximate surface area is 93.6 Å². The van der Waals surface area contributed by atoms with Gasteiger partial charge < -0.3 is 9.30 Å². The number of carbonyl (C=O) groups is 1. The largest absolute Gasteiger partial charge is 0.496 e. The topological polar surface area (TPSA) is 31.2 Å². The van der Waals surface area contributed by atoms with Crippen molar-refractivity contribution < 1.29 is 9.53 Å². The van der Waals surface area contributed by atoms with Crippen LogP contribution in [0.3, 0.4) is 0 Å². The van der Waals surface area contributed by atoms with E-state index in [1.807, 2.05) is 24.3 Å². The lowest BCUT2D eigenvalue weighted by Gasteiger charge is -2.06. The monoisotopic (exact) mass is 215 g/mol. The summed E-state index contributed by atoms with van der Waals surface area (Å²) in [5.74, 6) is 0.833. The molecule has 2 aromatic rings. The van der Waals surface area contributed by atoms with E-state index in [2.05, 4.69) is 4.57 Å². The zero-order chi connectivity index (χ0) is 11.1. The number of fused-ring (bicyclic) bond motifs is 1. The van der Waals surface area contributed by atoms with E-state index in [1.54, 1.807) is 7.11 Å². The fraction of sp³-hybridized carbons (Fsp3) is 0.308. The van der Waals surface area contributed by atoms with Crippen LogP contribution in [0.15, 0.2) is 24.3 Å². The molecular formula is C13H13NO2. The van der Waals surface area contributed by atoms with Gasteiger partial charge in [0.05, 0.1) is 18.3 Å². The van der Waals surface area contributed by atoms with Crippen LogP contribution in [0.5, 0.6) is 5.75 Å². The van der Waals surface area contributed by atoms with Crippen LogP contribution in [-0.4, -0.2) is 18.0 Å². The molecule has 1 aromatic heterocycles. The first-order chi connectivity index (χ1) is 7.85. The second-order valence-electron chi connectivity index (χ2n) is 4.18. The molecule has 0 radical (unpaired) electrons. The van der Waals surface area contributed by atoms with Crippen molar-refractivity contribution in [2.24, 2.45) is 0 Å². The number of methoxy groups -OCH3 is 1. The Morgan fingerprint density at radius 1 is 1.44 bits per heavy atom. The van der Waals surface area contributed by atoms with Crippen LogP contribution in [0.4, 0.5) is 0 Å². The minimum Gasteiger partial charge on any atom is -0.496 e. The average Bonchev–Trinajstić information content (AvgIpc) is 3.08. The van der Waals surface area contributed by atoms with Gasteiger partial charge in [0.1, 0.15) is 5.75 Å². The molecule has 1 heterocycles. The Morgan fingerprint density at radius 3 is 2.88 bits per heavy atom. The lowest BCUT2D eigenvalue weighted by molar-refractivity contribution is 0.111. The zero-order valence-corrected chi connectivity index (χ0v) is 9.14. The summed E-state index contributed by atoms with van der Waals surface area (Å²) in [7, 11) is 1.66. The molecular weight excluding hydrogens is 202 g/mol. The molecule has 0 saturated heterocycles. The summed E-state index contributed by atoms with van der Waals surface area (Å²) in [5.41, 5.74) is 1.85. The maximum Gasteiger partial charge on any atom is 0.166 e. The van der Waals surface area contributed by atoms with Gasteiger partial charge in [-0.1, -0.05) is 6.07 Å². The van der Waals surface area contributed by atoms with Gasteiger partial charge in [-0.25, -0.2) is 0 Å². The molecule has 0 bridgehead atoms. The van der Waals surface area contributed by atoms with Crippen LogP contribution in [0.1, 0.15) is 29.4 Å². The quantitative estimate of drug-likeness (QED) is 0.737. The third-order valence-electron chi connectivity index (χ3n) is 3.13. The van der Waals surface area contributed by atoms with E-state index in [-0.39, 0.29) is 0 Å². The molecule has 1 fully saturated rings. The van der Waals surface area contributed by atoms with Crippen molar-refractivity contribution in [3.63, 3.8) is 0 Å². The second-order valence-corrected chi connectivity index (χ2v) is 4.18.